The highest BCUT2D eigenvalue weighted by atomic mass is 16.5. The number of hydrogen-bond donors (Lipinski definition) is 1. The number of anilines is 2. The van der Waals surface area contributed by atoms with Crippen molar-refractivity contribution in [2.75, 3.05) is 57.1 Å². The summed E-state index contributed by atoms with van der Waals surface area (Å²) < 4.78 is 10.6. The highest BCUT2D eigenvalue weighted by Crippen LogP contribution is 2.36. The molecule has 0 aromatic heterocycles. The molecular weight excluding hydrogens is 282 g/mol. The van der Waals surface area contributed by atoms with E-state index < -0.39 is 0 Å². The van der Waals surface area contributed by atoms with E-state index in [0.29, 0.717) is 17.9 Å². The molecule has 0 radical (unpaired) electrons. The number of benzene rings is 1. The SMILES string of the molecule is COc1cc2c(cc1N)N(C(=O)CCN1CCOCC1)CC2. The van der Waals surface area contributed by atoms with Crippen LogP contribution in [-0.4, -0.2) is 57.3 Å². The zero-order valence-electron chi connectivity index (χ0n) is 13.0. The summed E-state index contributed by atoms with van der Waals surface area (Å²) in [5.74, 6) is 0.844. The minimum absolute atomic E-state index is 0.162. The number of amides is 1. The Bertz CT molecular complexity index is 556. The molecular formula is C16H23N3O3. The summed E-state index contributed by atoms with van der Waals surface area (Å²) >= 11 is 0. The molecule has 6 heteroatoms. The fourth-order valence-electron chi connectivity index (χ4n) is 3.08. The molecule has 2 aliphatic rings. The topological polar surface area (TPSA) is 68.0 Å². The summed E-state index contributed by atoms with van der Waals surface area (Å²) in [4.78, 5) is 16.6. The van der Waals surface area contributed by atoms with Crippen LogP contribution >= 0.6 is 0 Å². The van der Waals surface area contributed by atoms with Gasteiger partial charge in [-0.05, 0) is 24.1 Å². The van der Waals surface area contributed by atoms with Crippen LogP contribution in [0.3, 0.4) is 0 Å². The number of methoxy groups -OCH3 is 1. The van der Waals surface area contributed by atoms with Crippen molar-refractivity contribution in [1.29, 1.82) is 0 Å². The van der Waals surface area contributed by atoms with Crippen LogP contribution in [0.2, 0.25) is 0 Å². The van der Waals surface area contributed by atoms with Crippen LogP contribution in [0.5, 0.6) is 5.75 Å². The molecule has 0 unspecified atom stereocenters. The Morgan fingerprint density at radius 3 is 2.82 bits per heavy atom. The van der Waals surface area contributed by atoms with E-state index in [-0.39, 0.29) is 5.91 Å². The lowest BCUT2D eigenvalue weighted by molar-refractivity contribution is -0.119. The summed E-state index contributed by atoms with van der Waals surface area (Å²) in [6.45, 7) is 4.86. The quantitative estimate of drug-likeness (QED) is 0.837. The molecule has 0 saturated carbocycles. The summed E-state index contributed by atoms with van der Waals surface area (Å²) in [6.07, 6.45) is 1.39. The molecule has 2 aliphatic heterocycles. The number of carbonyl (C=O) groups is 1. The zero-order valence-corrected chi connectivity index (χ0v) is 13.0. The van der Waals surface area contributed by atoms with Gasteiger partial charge >= 0.3 is 0 Å². The van der Waals surface area contributed by atoms with E-state index >= 15 is 0 Å². The van der Waals surface area contributed by atoms with Crippen molar-refractivity contribution >= 4 is 17.3 Å². The van der Waals surface area contributed by atoms with Crippen LogP contribution in [0.4, 0.5) is 11.4 Å². The Labute approximate surface area is 130 Å². The third-order valence-corrected chi connectivity index (χ3v) is 4.37. The van der Waals surface area contributed by atoms with E-state index in [1.807, 2.05) is 17.0 Å². The summed E-state index contributed by atoms with van der Waals surface area (Å²) in [5, 5.41) is 0. The number of morpholine rings is 1. The van der Waals surface area contributed by atoms with Gasteiger partial charge in [0.05, 0.1) is 26.0 Å². The molecule has 1 amide bonds. The van der Waals surface area contributed by atoms with Crippen LogP contribution in [0.1, 0.15) is 12.0 Å². The normalized spacial score (nSPS) is 18.3. The smallest absolute Gasteiger partial charge is 0.228 e. The molecule has 1 aromatic rings. The fourth-order valence-corrected chi connectivity index (χ4v) is 3.08. The van der Waals surface area contributed by atoms with Crippen molar-refractivity contribution in [2.24, 2.45) is 0 Å². The number of nitrogen functional groups attached to an aromatic ring is 1. The van der Waals surface area contributed by atoms with Gasteiger partial charge < -0.3 is 20.1 Å². The average Bonchev–Trinajstić information content (AvgIpc) is 2.95. The molecule has 22 heavy (non-hydrogen) atoms. The van der Waals surface area contributed by atoms with E-state index in [0.717, 1.165) is 57.1 Å². The molecule has 2 N–H and O–H groups in total. The van der Waals surface area contributed by atoms with Gasteiger partial charge in [-0.15, -0.1) is 0 Å². The minimum Gasteiger partial charge on any atom is -0.495 e. The lowest BCUT2D eigenvalue weighted by Gasteiger charge is -2.27. The van der Waals surface area contributed by atoms with Crippen molar-refractivity contribution in [1.82, 2.24) is 4.90 Å². The van der Waals surface area contributed by atoms with Crippen molar-refractivity contribution in [3.05, 3.63) is 17.7 Å². The first-order valence-electron chi connectivity index (χ1n) is 7.76. The van der Waals surface area contributed by atoms with Gasteiger partial charge in [0.2, 0.25) is 5.91 Å². The van der Waals surface area contributed by atoms with Gasteiger partial charge in [-0.25, -0.2) is 0 Å². The number of hydrogen-bond acceptors (Lipinski definition) is 5. The lowest BCUT2D eigenvalue weighted by atomic mass is 10.1. The second kappa shape index (κ2) is 6.54. The number of fused-ring (bicyclic) bond motifs is 1. The van der Waals surface area contributed by atoms with Gasteiger partial charge in [-0.1, -0.05) is 0 Å². The van der Waals surface area contributed by atoms with E-state index in [2.05, 4.69) is 4.90 Å². The Balaban J connectivity index is 1.64. The van der Waals surface area contributed by atoms with E-state index in [4.69, 9.17) is 15.2 Å². The lowest BCUT2D eigenvalue weighted by Crippen LogP contribution is -2.39. The number of rotatable bonds is 4. The predicted molar refractivity (Wildman–Crippen MR) is 85.3 cm³/mol. The maximum atomic E-state index is 12.5. The average molecular weight is 305 g/mol. The van der Waals surface area contributed by atoms with E-state index in [1.165, 1.54) is 0 Å². The second-order valence-corrected chi connectivity index (χ2v) is 5.72. The molecule has 6 nitrogen and oxygen atoms in total. The van der Waals surface area contributed by atoms with Crippen LogP contribution in [-0.2, 0) is 16.0 Å². The third-order valence-electron chi connectivity index (χ3n) is 4.37. The van der Waals surface area contributed by atoms with Crippen LogP contribution < -0.4 is 15.4 Å². The Morgan fingerprint density at radius 1 is 1.32 bits per heavy atom. The van der Waals surface area contributed by atoms with Gasteiger partial charge in [-0.3, -0.25) is 9.69 Å². The van der Waals surface area contributed by atoms with Crippen molar-refractivity contribution in [2.45, 2.75) is 12.8 Å². The van der Waals surface area contributed by atoms with Crippen molar-refractivity contribution in [3.8, 4) is 5.75 Å². The van der Waals surface area contributed by atoms with E-state index in [1.54, 1.807) is 7.11 Å². The first kappa shape index (κ1) is 15.1. The van der Waals surface area contributed by atoms with Crippen LogP contribution in [0.15, 0.2) is 12.1 Å². The van der Waals surface area contributed by atoms with Gasteiger partial charge in [0.1, 0.15) is 5.75 Å². The van der Waals surface area contributed by atoms with E-state index in [9.17, 15) is 4.79 Å². The molecule has 0 atom stereocenters. The first-order valence-corrected chi connectivity index (χ1v) is 7.76. The highest BCUT2D eigenvalue weighted by molar-refractivity contribution is 5.96. The molecule has 0 aliphatic carbocycles. The summed E-state index contributed by atoms with van der Waals surface area (Å²) in [6, 6.07) is 3.80. The summed E-state index contributed by atoms with van der Waals surface area (Å²) in [5.41, 5.74) is 8.62. The molecule has 2 heterocycles. The zero-order chi connectivity index (χ0) is 15.5. The molecule has 0 bridgehead atoms. The monoisotopic (exact) mass is 305 g/mol. The van der Waals surface area contributed by atoms with Crippen LogP contribution in [0.25, 0.3) is 0 Å². The standard InChI is InChI=1S/C16H23N3O3/c1-21-15-10-12-2-5-19(14(12)11-13(15)17)16(20)3-4-18-6-8-22-9-7-18/h10-11H,2-9,17H2,1H3. The first-order chi connectivity index (χ1) is 10.7. The molecule has 120 valence electrons. The minimum atomic E-state index is 0.162. The van der Waals surface area contributed by atoms with Crippen molar-refractivity contribution in [3.63, 3.8) is 0 Å². The van der Waals surface area contributed by atoms with Gasteiger partial charge in [0.15, 0.2) is 0 Å². The number of ether oxygens (including phenoxy) is 2. The highest BCUT2D eigenvalue weighted by Gasteiger charge is 2.26. The molecule has 1 fully saturated rings. The third kappa shape index (κ3) is 3.03. The van der Waals surface area contributed by atoms with Crippen LogP contribution in [0, 0.1) is 0 Å². The number of nitrogens with two attached hydrogens (primary N) is 1. The fraction of sp³-hybridized carbons (Fsp3) is 0.562. The largest absolute Gasteiger partial charge is 0.495 e. The predicted octanol–water partition coefficient (Wildman–Crippen LogP) is 0.889. The molecule has 3 rings (SSSR count). The summed E-state index contributed by atoms with van der Waals surface area (Å²) in [7, 11) is 1.61. The maximum Gasteiger partial charge on any atom is 0.228 e. The van der Waals surface area contributed by atoms with Gasteiger partial charge in [-0.2, -0.15) is 0 Å². The molecule has 1 saturated heterocycles. The Hall–Kier alpha value is -1.79. The second-order valence-electron chi connectivity index (χ2n) is 5.72. The number of carbonyl (C=O) groups excluding carboxylic acids is 1. The Kier molecular flexibility index (Phi) is 4.49. The molecule has 1 aromatic carbocycles. The van der Waals surface area contributed by atoms with Gasteiger partial charge in [0.25, 0.3) is 0 Å². The molecule has 0 spiro atoms. The van der Waals surface area contributed by atoms with Gasteiger partial charge in [0, 0.05) is 38.3 Å². The maximum absolute atomic E-state index is 12.5. The number of nitrogens with zero attached hydrogens (tertiary/aromatic N) is 2. The Morgan fingerprint density at radius 2 is 2.09 bits per heavy atom. The van der Waals surface area contributed by atoms with Crippen molar-refractivity contribution < 1.29 is 14.3 Å².